The molecule has 1 amide bonds. The molecule has 0 spiro atoms. The summed E-state index contributed by atoms with van der Waals surface area (Å²) >= 11 is 8.98. The highest BCUT2D eigenvalue weighted by molar-refractivity contribution is 9.10. The zero-order chi connectivity index (χ0) is 16.3. The quantitative estimate of drug-likeness (QED) is 0.620. The van der Waals surface area contributed by atoms with E-state index >= 15 is 0 Å². The minimum absolute atomic E-state index is 0.131. The van der Waals surface area contributed by atoms with Gasteiger partial charge < -0.3 is 15.2 Å². The largest absolute Gasteiger partial charge is 0.505 e. The summed E-state index contributed by atoms with van der Waals surface area (Å²) in [5.41, 5.74) is 0.411. The lowest BCUT2D eigenvalue weighted by atomic mass is 10.3. The Morgan fingerprint density at radius 1 is 1.50 bits per heavy atom. The van der Waals surface area contributed by atoms with Crippen LogP contribution in [0.5, 0.6) is 5.75 Å². The lowest BCUT2D eigenvalue weighted by Crippen LogP contribution is -2.19. The van der Waals surface area contributed by atoms with Crippen molar-refractivity contribution in [3.05, 3.63) is 39.6 Å². The summed E-state index contributed by atoms with van der Waals surface area (Å²) in [6.45, 7) is -0.138. The average molecular weight is 389 g/mol. The number of carbonyl (C=O) groups is 2. The number of aromatic nitrogens is 2. The highest BCUT2D eigenvalue weighted by Gasteiger charge is 2.13. The molecule has 0 aliphatic rings. The number of hydrogen-bond acceptors (Lipinski definition) is 5. The van der Waals surface area contributed by atoms with Crippen molar-refractivity contribution in [2.24, 2.45) is 0 Å². The Labute approximate surface area is 139 Å². The maximum atomic E-state index is 11.9. The fourth-order valence-corrected chi connectivity index (χ4v) is 2.48. The van der Waals surface area contributed by atoms with Crippen LogP contribution >= 0.6 is 27.5 Å². The topological polar surface area (TPSA) is 93.5 Å². The number of nitrogens with one attached hydrogen (secondary N) is 1. The Morgan fingerprint density at radius 2 is 2.23 bits per heavy atom. The molecule has 1 aromatic heterocycles. The van der Waals surface area contributed by atoms with E-state index in [1.54, 1.807) is 0 Å². The normalized spacial score (nSPS) is 10.3. The fraction of sp³-hybridized carbons (Fsp3) is 0.154. The van der Waals surface area contributed by atoms with Crippen molar-refractivity contribution in [3.63, 3.8) is 0 Å². The number of aromatic hydroxyl groups is 1. The molecule has 1 aromatic carbocycles. The molecule has 9 heteroatoms. The van der Waals surface area contributed by atoms with Crippen LogP contribution in [0.1, 0.15) is 10.4 Å². The number of anilines is 1. The molecule has 1 heterocycles. The fourth-order valence-electron chi connectivity index (χ4n) is 1.67. The molecule has 2 rings (SSSR count). The third-order valence-corrected chi connectivity index (χ3v) is 3.48. The average Bonchev–Trinajstić information content (AvgIpc) is 2.91. The molecule has 7 nitrogen and oxygen atoms in total. The lowest BCUT2D eigenvalue weighted by molar-refractivity contribution is -0.116. The Hall–Kier alpha value is -2.06. The Balaban J connectivity index is 2.07. The van der Waals surface area contributed by atoms with E-state index in [9.17, 15) is 14.7 Å². The molecule has 0 aliphatic carbocycles. The van der Waals surface area contributed by atoms with E-state index in [1.807, 2.05) is 0 Å². The minimum Gasteiger partial charge on any atom is -0.505 e. The van der Waals surface area contributed by atoms with Crippen molar-refractivity contribution >= 4 is 45.1 Å². The smallest absolute Gasteiger partial charge is 0.341 e. The van der Waals surface area contributed by atoms with E-state index < -0.39 is 11.9 Å². The zero-order valence-electron chi connectivity index (χ0n) is 11.3. The minimum atomic E-state index is -0.539. The van der Waals surface area contributed by atoms with E-state index in [0.29, 0.717) is 9.50 Å². The van der Waals surface area contributed by atoms with Crippen molar-refractivity contribution < 1.29 is 19.4 Å². The number of esters is 1. The van der Waals surface area contributed by atoms with Gasteiger partial charge in [-0.15, -0.1) is 0 Å². The molecule has 22 heavy (non-hydrogen) atoms. The molecule has 0 unspecified atom stereocenters. The second kappa shape index (κ2) is 6.80. The van der Waals surface area contributed by atoms with Gasteiger partial charge in [0.1, 0.15) is 6.54 Å². The first-order valence-electron chi connectivity index (χ1n) is 5.99. The summed E-state index contributed by atoms with van der Waals surface area (Å²) < 4.78 is 6.19. The first kappa shape index (κ1) is 16.3. The molecule has 0 aliphatic heterocycles. The second-order valence-corrected chi connectivity index (χ2v) is 5.54. The number of methoxy groups -OCH3 is 1. The van der Waals surface area contributed by atoms with Crippen LogP contribution in [0.3, 0.4) is 0 Å². The van der Waals surface area contributed by atoms with E-state index in [4.69, 9.17) is 11.6 Å². The number of rotatable bonds is 4. The van der Waals surface area contributed by atoms with Gasteiger partial charge in [-0.1, -0.05) is 11.6 Å². The SMILES string of the molecule is COC(=O)c1cnn(CC(=O)Nc2cc(Cl)cc(Br)c2O)c1. The molecule has 2 aromatic rings. The molecule has 0 saturated heterocycles. The summed E-state index contributed by atoms with van der Waals surface area (Å²) in [5.74, 6) is -1.11. The van der Waals surface area contributed by atoms with Gasteiger partial charge in [0.25, 0.3) is 0 Å². The van der Waals surface area contributed by atoms with Crippen LogP contribution in [0.15, 0.2) is 29.0 Å². The van der Waals surface area contributed by atoms with Gasteiger partial charge in [0.15, 0.2) is 5.75 Å². The Kier molecular flexibility index (Phi) is 5.04. The molecular weight excluding hydrogens is 378 g/mol. The number of carbonyl (C=O) groups excluding carboxylic acids is 2. The number of hydrogen-bond donors (Lipinski definition) is 2. The van der Waals surface area contributed by atoms with E-state index in [-0.39, 0.29) is 23.5 Å². The van der Waals surface area contributed by atoms with E-state index in [2.05, 4.69) is 31.1 Å². The van der Waals surface area contributed by atoms with Crippen molar-refractivity contribution in [2.45, 2.75) is 6.54 Å². The first-order chi connectivity index (χ1) is 10.4. The number of phenols is 1. The number of nitrogens with zero attached hydrogens (tertiary/aromatic N) is 2. The summed E-state index contributed by atoms with van der Waals surface area (Å²) in [6, 6.07) is 2.92. The van der Waals surface area contributed by atoms with Gasteiger partial charge in [-0.05, 0) is 28.1 Å². The van der Waals surface area contributed by atoms with Gasteiger partial charge in [0.2, 0.25) is 5.91 Å². The summed E-state index contributed by atoms with van der Waals surface area (Å²) in [7, 11) is 1.26. The molecule has 2 N–H and O–H groups in total. The Morgan fingerprint density at radius 3 is 2.91 bits per heavy atom. The summed E-state index contributed by atoms with van der Waals surface area (Å²) in [5, 5.41) is 16.6. The van der Waals surface area contributed by atoms with Crippen LogP contribution in [-0.2, 0) is 16.1 Å². The third kappa shape index (κ3) is 3.77. The van der Waals surface area contributed by atoms with Gasteiger partial charge in [-0.2, -0.15) is 5.10 Å². The molecule has 0 bridgehead atoms. The predicted octanol–water partition coefficient (Wildman–Crippen LogP) is 2.43. The molecular formula is C13H11BrClN3O4. The molecule has 0 fully saturated rings. The maximum Gasteiger partial charge on any atom is 0.341 e. The van der Waals surface area contributed by atoms with Crippen molar-refractivity contribution in [2.75, 3.05) is 12.4 Å². The number of amides is 1. The van der Waals surface area contributed by atoms with Gasteiger partial charge in [0, 0.05) is 11.2 Å². The molecule has 0 saturated carbocycles. The van der Waals surface area contributed by atoms with E-state index in [0.717, 1.165) is 0 Å². The van der Waals surface area contributed by atoms with Crippen molar-refractivity contribution in [1.82, 2.24) is 9.78 Å². The van der Waals surface area contributed by atoms with Crippen LogP contribution in [0, 0.1) is 0 Å². The highest BCUT2D eigenvalue weighted by atomic mass is 79.9. The van der Waals surface area contributed by atoms with Crippen LogP contribution in [0.2, 0.25) is 5.02 Å². The Bertz CT molecular complexity index is 732. The standard InChI is InChI=1S/C13H11BrClN3O4/c1-22-13(21)7-4-16-18(5-7)6-11(19)17-10-3-8(15)2-9(14)12(10)20/h2-5,20H,6H2,1H3,(H,17,19). The van der Waals surface area contributed by atoms with Crippen LogP contribution in [-0.4, -0.2) is 33.9 Å². The van der Waals surface area contributed by atoms with Crippen molar-refractivity contribution in [3.8, 4) is 5.75 Å². The van der Waals surface area contributed by atoms with Gasteiger partial charge >= 0.3 is 5.97 Å². The molecule has 0 atom stereocenters. The van der Waals surface area contributed by atoms with Gasteiger partial charge in [0.05, 0.1) is 29.0 Å². The summed E-state index contributed by atoms with van der Waals surface area (Å²) in [4.78, 5) is 23.2. The highest BCUT2D eigenvalue weighted by Crippen LogP contribution is 2.35. The zero-order valence-corrected chi connectivity index (χ0v) is 13.7. The van der Waals surface area contributed by atoms with Gasteiger partial charge in [-0.3, -0.25) is 9.48 Å². The van der Waals surface area contributed by atoms with Crippen LogP contribution in [0.25, 0.3) is 0 Å². The van der Waals surface area contributed by atoms with Crippen LogP contribution < -0.4 is 5.32 Å². The second-order valence-electron chi connectivity index (χ2n) is 4.25. The molecule has 0 radical (unpaired) electrons. The van der Waals surface area contributed by atoms with Crippen molar-refractivity contribution in [1.29, 1.82) is 0 Å². The monoisotopic (exact) mass is 387 g/mol. The number of ether oxygens (including phenoxy) is 1. The predicted molar refractivity (Wildman–Crippen MR) is 83.0 cm³/mol. The maximum absolute atomic E-state index is 11.9. The lowest BCUT2D eigenvalue weighted by Gasteiger charge is -2.09. The number of halogens is 2. The van der Waals surface area contributed by atoms with Gasteiger partial charge in [-0.25, -0.2) is 4.79 Å². The first-order valence-corrected chi connectivity index (χ1v) is 7.16. The third-order valence-electron chi connectivity index (χ3n) is 2.66. The summed E-state index contributed by atoms with van der Waals surface area (Å²) in [6.07, 6.45) is 2.69. The number of benzene rings is 1. The van der Waals surface area contributed by atoms with Crippen LogP contribution in [0.4, 0.5) is 5.69 Å². The molecule has 116 valence electrons. The number of phenolic OH excluding ortho intramolecular Hbond substituents is 1. The van der Waals surface area contributed by atoms with E-state index in [1.165, 1.54) is 36.3 Å².